The fourth-order valence-electron chi connectivity index (χ4n) is 1.62. The number of nitrogens with zero attached hydrogens (tertiary/aromatic N) is 3. The topological polar surface area (TPSA) is 38.2 Å². The number of hydrogen-bond acceptors (Lipinski definition) is 4. The van der Waals surface area contributed by atoms with Crippen molar-refractivity contribution in [3.05, 3.63) is 12.4 Å². The fraction of sp³-hybridized carbons (Fsp3) is 0.692. The van der Waals surface area contributed by atoms with Gasteiger partial charge in [0.2, 0.25) is 5.88 Å². The number of anilines is 1. The standard InChI is InChI=1S/C13H22ClN3O/c1-4-8-18-13-10-15-9-12(16-13)17(11(2)3)7-5-6-14/h9-11H,4-8H2,1-3H3. The quantitative estimate of drug-likeness (QED) is 0.681. The highest BCUT2D eigenvalue weighted by Gasteiger charge is 2.12. The minimum Gasteiger partial charge on any atom is -0.477 e. The van der Waals surface area contributed by atoms with Crippen LogP contribution in [0.5, 0.6) is 5.88 Å². The molecule has 0 aliphatic rings. The molecule has 4 nitrogen and oxygen atoms in total. The molecule has 5 heteroatoms. The molecule has 0 unspecified atom stereocenters. The van der Waals surface area contributed by atoms with E-state index in [1.165, 1.54) is 0 Å². The highest BCUT2D eigenvalue weighted by Crippen LogP contribution is 2.17. The van der Waals surface area contributed by atoms with Crippen LogP contribution in [0.15, 0.2) is 12.4 Å². The Kier molecular flexibility index (Phi) is 6.80. The molecule has 0 spiro atoms. The second-order valence-corrected chi connectivity index (χ2v) is 4.77. The summed E-state index contributed by atoms with van der Waals surface area (Å²) in [6.07, 6.45) is 5.32. The molecule has 1 aromatic rings. The van der Waals surface area contributed by atoms with Gasteiger partial charge in [-0.2, -0.15) is 4.98 Å². The Labute approximate surface area is 114 Å². The average Bonchev–Trinajstić information content (AvgIpc) is 2.37. The smallest absolute Gasteiger partial charge is 0.234 e. The summed E-state index contributed by atoms with van der Waals surface area (Å²) in [6, 6.07) is 0.365. The molecule has 0 radical (unpaired) electrons. The second kappa shape index (κ2) is 8.14. The summed E-state index contributed by atoms with van der Waals surface area (Å²) < 4.78 is 5.50. The van der Waals surface area contributed by atoms with Gasteiger partial charge in [0.05, 0.1) is 19.0 Å². The lowest BCUT2D eigenvalue weighted by Gasteiger charge is -2.27. The first kappa shape index (κ1) is 15.0. The lowest BCUT2D eigenvalue weighted by atomic mass is 10.3. The van der Waals surface area contributed by atoms with Gasteiger partial charge in [0.1, 0.15) is 0 Å². The molecule has 18 heavy (non-hydrogen) atoms. The Morgan fingerprint density at radius 2 is 2.17 bits per heavy atom. The second-order valence-electron chi connectivity index (χ2n) is 4.39. The van der Waals surface area contributed by atoms with E-state index in [0.717, 1.165) is 25.2 Å². The zero-order valence-electron chi connectivity index (χ0n) is 11.4. The molecule has 0 bridgehead atoms. The van der Waals surface area contributed by atoms with E-state index in [1.807, 2.05) is 0 Å². The van der Waals surface area contributed by atoms with Gasteiger partial charge in [0.25, 0.3) is 0 Å². The predicted molar refractivity (Wildman–Crippen MR) is 75.6 cm³/mol. The third-order valence-corrected chi connectivity index (χ3v) is 2.77. The van der Waals surface area contributed by atoms with Crippen LogP contribution in [0.3, 0.4) is 0 Å². The van der Waals surface area contributed by atoms with Crippen molar-refractivity contribution in [2.45, 2.75) is 39.7 Å². The molecule has 1 rings (SSSR count). The third kappa shape index (κ3) is 4.69. The average molecular weight is 272 g/mol. The van der Waals surface area contributed by atoms with Crippen molar-refractivity contribution in [3.8, 4) is 5.88 Å². The minimum absolute atomic E-state index is 0.365. The molecule has 0 atom stereocenters. The number of alkyl halides is 1. The largest absolute Gasteiger partial charge is 0.477 e. The van der Waals surface area contributed by atoms with E-state index in [2.05, 4.69) is 35.6 Å². The predicted octanol–water partition coefficient (Wildman–Crippen LogP) is 3.11. The molecular weight excluding hydrogens is 250 g/mol. The number of rotatable bonds is 8. The Hall–Kier alpha value is -1.03. The molecule has 0 saturated heterocycles. The van der Waals surface area contributed by atoms with Gasteiger partial charge in [0, 0.05) is 18.5 Å². The molecule has 0 fully saturated rings. The molecule has 0 aliphatic heterocycles. The van der Waals surface area contributed by atoms with Gasteiger partial charge in [-0.1, -0.05) is 6.92 Å². The van der Waals surface area contributed by atoms with Crippen molar-refractivity contribution in [2.24, 2.45) is 0 Å². The summed E-state index contributed by atoms with van der Waals surface area (Å²) in [5.41, 5.74) is 0. The van der Waals surface area contributed by atoms with Crippen LogP contribution in [-0.4, -0.2) is 35.0 Å². The van der Waals surface area contributed by atoms with E-state index in [1.54, 1.807) is 12.4 Å². The fourth-order valence-corrected chi connectivity index (χ4v) is 1.74. The van der Waals surface area contributed by atoms with E-state index in [-0.39, 0.29) is 0 Å². The molecule has 0 N–H and O–H groups in total. The van der Waals surface area contributed by atoms with Gasteiger partial charge < -0.3 is 9.64 Å². The number of aromatic nitrogens is 2. The van der Waals surface area contributed by atoms with Crippen LogP contribution in [0.2, 0.25) is 0 Å². The number of hydrogen-bond donors (Lipinski definition) is 0. The molecule has 0 aliphatic carbocycles. The van der Waals surface area contributed by atoms with E-state index < -0.39 is 0 Å². The first-order chi connectivity index (χ1) is 8.69. The molecule has 0 aromatic carbocycles. The first-order valence-corrected chi connectivity index (χ1v) is 7.00. The summed E-state index contributed by atoms with van der Waals surface area (Å²) in [6.45, 7) is 7.89. The van der Waals surface area contributed by atoms with Crippen LogP contribution in [0.4, 0.5) is 5.82 Å². The maximum Gasteiger partial charge on any atom is 0.234 e. The van der Waals surface area contributed by atoms with Crippen molar-refractivity contribution >= 4 is 17.4 Å². The minimum atomic E-state index is 0.365. The van der Waals surface area contributed by atoms with Crippen molar-refractivity contribution in [1.29, 1.82) is 0 Å². The molecule has 1 aromatic heterocycles. The molecule has 0 saturated carbocycles. The Bertz CT molecular complexity index is 347. The number of ether oxygens (including phenoxy) is 1. The molecule has 0 amide bonds. The van der Waals surface area contributed by atoms with Gasteiger partial charge in [-0.3, -0.25) is 4.98 Å². The third-order valence-electron chi connectivity index (χ3n) is 2.50. The van der Waals surface area contributed by atoms with Crippen LogP contribution < -0.4 is 9.64 Å². The number of halogens is 1. The maximum atomic E-state index is 5.75. The highest BCUT2D eigenvalue weighted by molar-refractivity contribution is 6.17. The normalized spacial score (nSPS) is 10.7. The summed E-state index contributed by atoms with van der Waals surface area (Å²) in [4.78, 5) is 10.9. The van der Waals surface area contributed by atoms with Crippen LogP contribution >= 0.6 is 11.6 Å². The van der Waals surface area contributed by atoms with E-state index in [9.17, 15) is 0 Å². The Morgan fingerprint density at radius 3 is 2.78 bits per heavy atom. The van der Waals surface area contributed by atoms with Gasteiger partial charge in [-0.25, -0.2) is 0 Å². The molecular formula is C13H22ClN3O. The molecule has 1 heterocycles. The van der Waals surface area contributed by atoms with Gasteiger partial charge in [-0.15, -0.1) is 11.6 Å². The van der Waals surface area contributed by atoms with E-state index >= 15 is 0 Å². The summed E-state index contributed by atoms with van der Waals surface area (Å²) in [5.74, 6) is 2.09. The van der Waals surface area contributed by atoms with Gasteiger partial charge in [0.15, 0.2) is 5.82 Å². The lowest BCUT2D eigenvalue weighted by molar-refractivity contribution is 0.304. The Balaban J connectivity index is 2.77. The Morgan fingerprint density at radius 1 is 1.39 bits per heavy atom. The lowest BCUT2D eigenvalue weighted by Crippen LogP contribution is -2.32. The van der Waals surface area contributed by atoms with Crippen LogP contribution in [0.1, 0.15) is 33.6 Å². The van der Waals surface area contributed by atoms with E-state index in [4.69, 9.17) is 16.3 Å². The van der Waals surface area contributed by atoms with Crippen LogP contribution in [0, 0.1) is 0 Å². The van der Waals surface area contributed by atoms with Crippen molar-refractivity contribution < 1.29 is 4.74 Å². The van der Waals surface area contributed by atoms with Gasteiger partial charge >= 0.3 is 0 Å². The van der Waals surface area contributed by atoms with Gasteiger partial charge in [-0.05, 0) is 26.7 Å². The SMILES string of the molecule is CCCOc1cncc(N(CCCCl)C(C)C)n1. The van der Waals surface area contributed by atoms with Crippen molar-refractivity contribution in [3.63, 3.8) is 0 Å². The van der Waals surface area contributed by atoms with E-state index in [0.29, 0.717) is 24.4 Å². The zero-order chi connectivity index (χ0) is 13.4. The maximum absolute atomic E-state index is 5.75. The highest BCUT2D eigenvalue weighted by atomic mass is 35.5. The summed E-state index contributed by atoms with van der Waals surface area (Å²) >= 11 is 5.75. The first-order valence-electron chi connectivity index (χ1n) is 6.46. The van der Waals surface area contributed by atoms with Crippen LogP contribution in [-0.2, 0) is 0 Å². The molecule has 102 valence electrons. The monoisotopic (exact) mass is 271 g/mol. The van der Waals surface area contributed by atoms with Crippen LogP contribution in [0.25, 0.3) is 0 Å². The summed E-state index contributed by atoms with van der Waals surface area (Å²) in [5, 5.41) is 0. The summed E-state index contributed by atoms with van der Waals surface area (Å²) in [7, 11) is 0. The van der Waals surface area contributed by atoms with Crippen molar-refractivity contribution in [2.75, 3.05) is 23.9 Å². The zero-order valence-corrected chi connectivity index (χ0v) is 12.2. The van der Waals surface area contributed by atoms with Crippen molar-refractivity contribution in [1.82, 2.24) is 9.97 Å².